The molecule has 23 heavy (non-hydrogen) atoms. The van der Waals surface area contributed by atoms with E-state index in [1.54, 1.807) is 0 Å². The van der Waals surface area contributed by atoms with Crippen LogP contribution in [0.1, 0.15) is 79.6 Å². The lowest BCUT2D eigenvalue weighted by atomic mass is 9.71. The lowest BCUT2D eigenvalue weighted by molar-refractivity contribution is -0.197. The van der Waals surface area contributed by atoms with E-state index in [9.17, 15) is 5.11 Å². The van der Waals surface area contributed by atoms with E-state index in [2.05, 4.69) is 46.8 Å². The molecule has 2 heteroatoms. The number of ether oxygens (including phenoxy) is 1. The number of aliphatic hydroxyl groups is 1. The molecular formula is C21H38O2. The van der Waals surface area contributed by atoms with Gasteiger partial charge in [0, 0.05) is 5.92 Å². The quantitative estimate of drug-likeness (QED) is 0.491. The average Bonchev–Trinajstić information content (AvgIpc) is 2.90. The van der Waals surface area contributed by atoms with Gasteiger partial charge in [0.05, 0.1) is 5.60 Å². The highest BCUT2D eigenvalue weighted by Crippen LogP contribution is 2.40. The molecule has 2 aliphatic rings. The van der Waals surface area contributed by atoms with Gasteiger partial charge in [0.15, 0.2) is 6.29 Å². The van der Waals surface area contributed by atoms with Gasteiger partial charge in [-0.05, 0) is 62.7 Å². The molecule has 2 nitrogen and oxygen atoms in total. The van der Waals surface area contributed by atoms with Gasteiger partial charge in [-0.1, -0.05) is 52.7 Å². The standard InChI is InChI=1S/C21H38O2/c1-15(2)13-19(16(3)4)17-9-8-10-18(14-17)20(22)23-21(5)11-6-7-12-21/h8,10,15-20,22H,6-7,9,11-14H2,1-5H3. The first-order valence-corrected chi connectivity index (χ1v) is 9.83. The summed E-state index contributed by atoms with van der Waals surface area (Å²) in [4.78, 5) is 0. The van der Waals surface area contributed by atoms with E-state index in [4.69, 9.17) is 4.74 Å². The SMILES string of the molecule is CC(C)CC(C(C)C)C1CC=CC(C(O)OC2(C)CCCC2)C1. The fraction of sp³-hybridized carbons (Fsp3) is 0.905. The Morgan fingerprint density at radius 1 is 1.17 bits per heavy atom. The first-order valence-electron chi connectivity index (χ1n) is 9.83. The topological polar surface area (TPSA) is 29.5 Å². The largest absolute Gasteiger partial charge is 0.367 e. The summed E-state index contributed by atoms with van der Waals surface area (Å²) < 4.78 is 6.11. The van der Waals surface area contributed by atoms with Crippen molar-refractivity contribution in [3.05, 3.63) is 12.2 Å². The third-order valence-electron chi connectivity index (χ3n) is 6.04. The maximum atomic E-state index is 10.6. The molecule has 2 rings (SSSR count). The Morgan fingerprint density at radius 2 is 1.83 bits per heavy atom. The normalized spacial score (nSPS) is 30.1. The minimum atomic E-state index is -0.635. The molecule has 0 amide bonds. The Kier molecular flexibility index (Phi) is 6.74. The van der Waals surface area contributed by atoms with E-state index in [0.717, 1.165) is 37.5 Å². The van der Waals surface area contributed by atoms with Crippen LogP contribution in [0.5, 0.6) is 0 Å². The van der Waals surface area contributed by atoms with E-state index in [0.29, 0.717) is 11.8 Å². The highest BCUT2D eigenvalue weighted by Gasteiger charge is 2.36. The minimum Gasteiger partial charge on any atom is -0.367 e. The monoisotopic (exact) mass is 322 g/mol. The van der Waals surface area contributed by atoms with Crippen molar-refractivity contribution in [1.82, 2.24) is 0 Å². The van der Waals surface area contributed by atoms with Crippen LogP contribution < -0.4 is 0 Å². The molecule has 0 aromatic carbocycles. The Hall–Kier alpha value is -0.340. The summed E-state index contributed by atoms with van der Waals surface area (Å²) in [5, 5.41) is 10.6. The van der Waals surface area contributed by atoms with Crippen molar-refractivity contribution >= 4 is 0 Å². The maximum Gasteiger partial charge on any atom is 0.161 e. The molecule has 4 atom stereocenters. The van der Waals surface area contributed by atoms with Crippen LogP contribution >= 0.6 is 0 Å². The molecule has 0 aliphatic heterocycles. The van der Waals surface area contributed by atoms with Crippen molar-refractivity contribution in [2.45, 2.75) is 91.5 Å². The Labute approximate surface area is 143 Å². The predicted octanol–water partition coefficient (Wildman–Crippen LogP) is 5.55. The minimum absolute atomic E-state index is 0.102. The second-order valence-corrected chi connectivity index (χ2v) is 9.03. The van der Waals surface area contributed by atoms with Gasteiger partial charge < -0.3 is 9.84 Å². The number of hydrogen-bond donors (Lipinski definition) is 1. The molecule has 1 fully saturated rings. The van der Waals surface area contributed by atoms with Gasteiger partial charge in [-0.2, -0.15) is 0 Å². The summed E-state index contributed by atoms with van der Waals surface area (Å²) in [5.41, 5.74) is -0.102. The van der Waals surface area contributed by atoms with Crippen LogP contribution in [0.25, 0.3) is 0 Å². The predicted molar refractivity (Wildman–Crippen MR) is 97.1 cm³/mol. The molecule has 0 saturated heterocycles. The lowest BCUT2D eigenvalue weighted by Gasteiger charge is -2.38. The summed E-state index contributed by atoms with van der Waals surface area (Å²) in [6.45, 7) is 11.5. The first kappa shape index (κ1) is 19.0. The molecule has 1 saturated carbocycles. The molecule has 134 valence electrons. The molecular weight excluding hydrogens is 284 g/mol. The van der Waals surface area contributed by atoms with E-state index < -0.39 is 6.29 Å². The summed E-state index contributed by atoms with van der Waals surface area (Å²) in [5.74, 6) is 3.05. The van der Waals surface area contributed by atoms with Crippen molar-refractivity contribution in [3.63, 3.8) is 0 Å². The Morgan fingerprint density at radius 3 is 2.39 bits per heavy atom. The van der Waals surface area contributed by atoms with Crippen LogP contribution in [-0.4, -0.2) is 17.0 Å². The van der Waals surface area contributed by atoms with Gasteiger partial charge in [-0.25, -0.2) is 0 Å². The fourth-order valence-corrected chi connectivity index (χ4v) is 4.69. The molecule has 2 aliphatic carbocycles. The van der Waals surface area contributed by atoms with Crippen LogP contribution in [0.15, 0.2) is 12.2 Å². The van der Waals surface area contributed by atoms with E-state index >= 15 is 0 Å². The average molecular weight is 323 g/mol. The summed E-state index contributed by atoms with van der Waals surface area (Å²) in [6, 6.07) is 0. The Bertz CT molecular complexity index is 379. The highest BCUT2D eigenvalue weighted by atomic mass is 16.6. The van der Waals surface area contributed by atoms with E-state index in [-0.39, 0.29) is 11.5 Å². The van der Waals surface area contributed by atoms with E-state index in [1.165, 1.54) is 19.3 Å². The zero-order valence-electron chi connectivity index (χ0n) is 15.9. The lowest BCUT2D eigenvalue weighted by Crippen LogP contribution is -2.37. The summed E-state index contributed by atoms with van der Waals surface area (Å²) in [6.07, 6.45) is 12.0. The molecule has 0 aromatic rings. The molecule has 0 bridgehead atoms. The summed E-state index contributed by atoms with van der Waals surface area (Å²) >= 11 is 0. The second-order valence-electron chi connectivity index (χ2n) is 9.03. The van der Waals surface area contributed by atoms with Crippen molar-refractivity contribution in [2.75, 3.05) is 0 Å². The van der Waals surface area contributed by atoms with Gasteiger partial charge in [-0.15, -0.1) is 0 Å². The van der Waals surface area contributed by atoms with Crippen molar-refractivity contribution in [2.24, 2.45) is 29.6 Å². The third kappa shape index (κ3) is 5.32. The van der Waals surface area contributed by atoms with Crippen molar-refractivity contribution in [1.29, 1.82) is 0 Å². The van der Waals surface area contributed by atoms with Gasteiger partial charge in [0.25, 0.3) is 0 Å². The fourth-order valence-electron chi connectivity index (χ4n) is 4.69. The number of aliphatic hydroxyl groups excluding tert-OH is 1. The van der Waals surface area contributed by atoms with Gasteiger partial charge >= 0.3 is 0 Å². The van der Waals surface area contributed by atoms with Gasteiger partial charge in [-0.3, -0.25) is 0 Å². The molecule has 1 N–H and O–H groups in total. The smallest absolute Gasteiger partial charge is 0.161 e. The number of hydrogen-bond acceptors (Lipinski definition) is 2. The van der Waals surface area contributed by atoms with Crippen LogP contribution in [0.4, 0.5) is 0 Å². The molecule has 0 aromatic heterocycles. The zero-order chi connectivity index (χ0) is 17.0. The second kappa shape index (κ2) is 8.16. The van der Waals surface area contributed by atoms with Gasteiger partial charge in [0.2, 0.25) is 0 Å². The third-order valence-corrected chi connectivity index (χ3v) is 6.04. The van der Waals surface area contributed by atoms with Crippen molar-refractivity contribution < 1.29 is 9.84 Å². The molecule has 0 spiro atoms. The molecule has 0 heterocycles. The van der Waals surface area contributed by atoms with Crippen molar-refractivity contribution in [3.8, 4) is 0 Å². The highest BCUT2D eigenvalue weighted by molar-refractivity contribution is 4.99. The number of rotatable bonds is 7. The first-order chi connectivity index (χ1) is 10.8. The van der Waals surface area contributed by atoms with Gasteiger partial charge in [0.1, 0.15) is 0 Å². The van der Waals surface area contributed by atoms with Crippen LogP contribution in [-0.2, 0) is 4.74 Å². The molecule has 4 unspecified atom stereocenters. The summed E-state index contributed by atoms with van der Waals surface area (Å²) in [7, 11) is 0. The Balaban J connectivity index is 1.96. The van der Waals surface area contributed by atoms with Crippen LogP contribution in [0, 0.1) is 29.6 Å². The number of allylic oxidation sites excluding steroid dienone is 1. The zero-order valence-corrected chi connectivity index (χ0v) is 15.9. The van der Waals surface area contributed by atoms with E-state index in [1.807, 2.05) is 0 Å². The van der Waals surface area contributed by atoms with Crippen LogP contribution in [0.2, 0.25) is 0 Å². The maximum absolute atomic E-state index is 10.6. The van der Waals surface area contributed by atoms with Crippen LogP contribution in [0.3, 0.4) is 0 Å². The molecule has 0 radical (unpaired) electrons.